The van der Waals surface area contributed by atoms with Crippen LogP contribution in [0.15, 0.2) is 48.5 Å². The Bertz CT molecular complexity index is 1220. The average Bonchev–Trinajstić information content (AvgIpc) is 2.89. The van der Waals surface area contributed by atoms with E-state index in [9.17, 15) is 4.79 Å². The number of fused-ring (bicyclic) bond motifs is 1. The number of amides is 1. The van der Waals surface area contributed by atoms with Crippen molar-refractivity contribution in [3.63, 3.8) is 0 Å². The van der Waals surface area contributed by atoms with Gasteiger partial charge in [-0.3, -0.25) is 4.79 Å². The van der Waals surface area contributed by atoms with E-state index in [1.165, 1.54) is 0 Å². The van der Waals surface area contributed by atoms with Crippen LogP contribution in [0, 0.1) is 12.8 Å². The molecule has 35 heavy (non-hydrogen) atoms. The highest BCUT2D eigenvalue weighted by atomic mass is 16.5. The fourth-order valence-electron chi connectivity index (χ4n) is 4.77. The number of aryl methyl sites for hydroxylation is 1. The van der Waals surface area contributed by atoms with Crippen LogP contribution in [0.3, 0.4) is 0 Å². The van der Waals surface area contributed by atoms with Crippen molar-refractivity contribution >= 4 is 11.9 Å². The Kier molecular flexibility index (Phi) is 6.57. The Morgan fingerprint density at radius 3 is 2.43 bits per heavy atom. The highest BCUT2D eigenvalue weighted by Crippen LogP contribution is 2.36. The number of para-hydroxylation sites is 2. The third-order valence-corrected chi connectivity index (χ3v) is 7.02. The van der Waals surface area contributed by atoms with Gasteiger partial charge < -0.3 is 19.3 Å². The third-order valence-electron chi connectivity index (χ3n) is 7.02. The molecule has 1 amide bonds. The molecule has 0 spiro atoms. The number of nitrogens with zero attached hydrogens (tertiary/aromatic N) is 4. The lowest BCUT2D eigenvalue weighted by Gasteiger charge is -2.33. The number of ether oxygens (including phenoxy) is 2. The number of piperidine rings is 1. The molecule has 7 heteroatoms. The predicted octanol–water partition coefficient (Wildman–Crippen LogP) is 5.02. The molecule has 0 N–H and O–H groups in total. The predicted molar refractivity (Wildman–Crippen MR) is 135 cm³/mol. The zero-order chi connectivity index (χ0) is 24.4. The van der Waals surface area contributed by atoms with Crippen LogP contribution in [0.5, 0.6) is 17.4 Å². The molecule has 2 aliphatic heterocycles. The Morgan fingerprint density at radius 1 is 0.971 bits per heavy atom. The first-order valence-electron chi connectivity index (χ1n) is 12.3. The van der Waals surface area contributed by atoms with E-state index in [-0.39, 0.29) is 5.91 Å². The molecule has 5 rings (SSSR count). The second-order valence-electron chi connectivity index (χ2n) is 9.47. The summed E-state index contributed by atoms with van der Waals surface area (Å²) in [6.45, 7) is 7.15. The summed E-state index contributed by atoms with van der Waals surface area (Å²) in [5.41, 5.74) is 3.51. The lowest BCUT2D eigenvalue weighted by Crippen LogP contribution is -2.38. The zero-order valence-electron chi connectivity index (χ0n) is 20.7. The average molecular weight is 473 g/mol. The monoisotopic (exact) mass is 472 g/mol. The summed E-state index contributed by atoms with van der Waals surface area (Å²) in [4.78, 5) is 27.3. The first-order valence-corrected chi connectivity index (χ1v) is 12.3. The molecular weight excluding hydrogens is 440 g/mol. The molecule has 3 heterocycles. The minimum absolute atomic E-state index is 0.0195. The molecule has 2 aromatic carbocycles. The van der Waals surface area contributed by atoms with Gasteiger partial charge in [0.05, 0.1) is 24.9 Å². The van der Waals surface area contributed by atoms with Crippen molar-refractivity contribution in [2.45, 2.75) is 39.7 Å². The van der Waals surface area contributed by atoms with Gasteiger partial charge in [0.1, 0.15) is 0 Å². The molecule has 182 valence electrons. The van der Waals surface area contributed by atoms with Gasteiger partial charge in [-0.1, -0.05) is 37.3 Å². The van der Waals surface area contributed by atoms with E-state index in [1.807, 2.05) is 60.4 Å². The van der Waals surface area contributed by atoms with Gasteiger partial charge in [-0.05, 0) is 49.4 Å². The molecular formula is C28H32N4O3. The maximum absolute atomic E-state index is 13.4. The van der Waals surface area contributed by atoms with E-state index < -0.39 is 0 Å². The molecule has 0 saturated carbocycles. The van der Waals surface area contributed by atoms with Crippen LogP contribution in [-0.2, 0) is 13.0 Å². The van der Waals surface area contributed by atoms with E-state index in [0.717, 1.165) is 48.3 Å². The number of carbonyl (C=O) groups is 1. The van der Waals surface area contributed by atoms with Crippen LogP contribution in [-0.4, -0.2) is 47.5 Å². The molecule has 1 aromatic heterocycles. The lowest BCUT2D eigenvalue weighted by atomic mass is 9.99. The first-order chi connectivity index (χ1) is 17.0. The summed E-state index contributed by atoms with van der Waals surface area (Å²) in [7, 11) is 1.63. The lowest BCUT2D eigenvalue weighted by molar-refractivity contribution is 0.0731. The largest absolute Gasteiger partial charge is 0.493 e. The van der Waals surface area contributed by atoms with Gasteiger partial charge in [-0.2, -0.15) is 4.98 Å². The number of anilines is 1. The summed E-state index contributed by atoms with van der Waals surface area (Å²) >= 11 is 0. The van der Waals surface area contributed by atoms with Gasteiger partial charge >= 0.3 is 0 Å². The van der Waals surface area contributed by atoms with Crippen molar-refractivity contribution in [1.29, 1.82) is 0 Å². The Hall–Kier alpha value is -3.61. The van der Waals surface area contributed by atoms with Gasteiger partial charge in [-0.25, -0.2) is 4.98 Å². The number of rotatable bonds is 5. The molecule has 1 fully saturated rings. The van der Waals surface area contributed by atoms with Crippen molar-refractivity contribution in [2.75, 3.05) is 31.6 Å². The van der Waals surface area contributed by atoms with Crippen LogP contribution in [0.4, 0.5) is 5.95 Å². The second kappa shape index (κ2) is 9.94. The molecule has 0 radical (unpaired) electrons. The van der Waals surface area contributed by atoms with Crippen molar-refractivity contribution < 1.29 is 14.3 Å². The zero-order valence-corrected chi connectivity index (χ0v) is 20.7. The highest BCUT2D eigenvalue weighted by molar-refractivity contribution is 5.95. The van der Waals surface area contributed by atoms with Gasteiger partial charge in [0.25, 0.3) is 5.91 Å². The SMILES string of the molecule is COc1ccccc1Oc1nc(N2CCC(C)CC2)nc2c1CN(C(=O)c1ccccc1C)CC2. The Labute approximate surface area is 206 Å². The quantitative estimate of drug-likeness (QED) is 0.519. The van der Waals surface area contributed by atoms with Crippen molar-refractivity contribution in [2.24, 2.45) is 5.92 Å². The van der Waals surface area contributed by atoms with Crippen LogP contribution >= 0.6 is 0 Å². The third kappa shape index (κ3) is 4.81. The summed E-state index contributed by atoms with van der Waals surface area (Å²) < 4.78 is 11.9. The van der Waals surface area contributed by atoms with Crippen LogP contribution in [0.1, 0.15) is 46.9 Å². The minimum Gasteiger partial charge on any atom is -0.493 e. The van der Waals surface area contributed by atoms with Crippen molar-refractivity contribution in [1.82, 2.24) is 14.9 Å². The normalized spacial score (nSPS) is 16.1. The molecule has 1 saturated heterocycles. The summed E-state index contributed by atoms with van der Waals surface area (Å²) in [6, 6.07) is 15.3. The Morgan fingerprint density at radius 2 is 1.69 bits per heavy atom. The summed E-state index contributed by atoms with van der Waals surface area (Å²) in [5.74, 6) is 3.17. The van der Waals surface area contributed by atoms with E-state index in [0.29, 0.717) is 48.8 Å². The summed E-state index contributed by atoms with van der Waals surface area (Å²) in [5, 5.41) is 0. The molecule has 3 aromatic rings. The van der Waals surface area contributed by atoms with Crippen LogP contribution in [0.25, 0.3) is 0 Å². The van der Waals surface area contributed by atoms with Crippen molar-refractivity contribution in [3.05, 3.63) is 70.9 Å². The molecule has 0 unspecified atom stereocenters. The highest BCUT2D eigenvalue weighted by Gasteiger charge is 2.29. The Balaban J connectivity index is 1.50. The van der Waals surface area contributed by atoms with Gasteiger partial charge in [0.15, 0.2) is 11.5 Å². The van der Waals surface area contributed by atoms with Crippen LogP contribution < -0.4 is 14.4 Å². The number of carbonyl (C=O) groups excluding carboxylic acids is 1. The smallest absolute Gasteiger partial charge is 0.254 e. The fourth-order valence-corrected chi connectivity index (χ4v) is 4.77. The number of hydrogen-bond acceptors (Lipinski definition) is 6. The van der Waals surface area contributed by atoms with Crippen molar-refractivity contribution in [3.8, 4) is 17.4 Å². The number of hydrogen-bond donors (Lipinski definition) is 0. The molecule has 2 aliphatic rings. The maximum atomic E-state index is 13.4. The van der Waals surface area contributed by atoms with E-state index in [2.05, 4.69) is 11.8 Å². The van der Waals surface area contributed by atoms with E-state index in [1.54, 1.807) is 7.11 Å². The van der Waals surface area contributed by atoms with Gasteiger partial charge in [0, 0.05) is 31.6 Å². The minimum atomic E-state index is 0.0195. The van der Waals surface area contributed by atoms with Gasteiger partial charge in [-0.15, -0.1) is 0 Å². The molecule has 0 atom stereocenters. The summed E-state index contributed by atoms with van der Waals surface area (Å²) in [6.07, 6.45) is 2.92. The van der Waals surface area contributed by atoms with E-state index in [4.69, 9.17) is 19.4 Å². The van der Waals surface area contributed by atoms with Crippen LogP contribution in [0.2, 0.25) is 0 Å². The molecule has 0 aliphatic carbocycles. The molecule has 7 nitrogen and oxygen atoms in total. The topological polar surface area (TPSA) is 67.8 Å². The number of benzene rings is 2. The second-order valence-corrected chi connectivity index (χ2v) is 9.47. The fraction of sp³-hybridized carbons (Fsp3) is 0.393. The first kappa shape index (κ1) is 23.1. The van der Waals surface area contributed by atoms with Gasteiger partial charge in [0.2, 0.25) is 11.8 Å². The standard InChI is InChI=1S/C28H32N4O3/c1-19-12-15-31(16-13-19)28-29-23-14-17-32(27(33)21-9-5-4-8-20(21)2)18-22(23)26(30-28)35-25-11-7-6-10-24(25)34-3/h4-11,19H,12-18H2,1-3H3. The number of methoxy groups -OCH3 is 1. The number of aromatic nitrogens is 2. The van der Waals surface area contributed by atoms with E-state index >= 15 is 0 Å². The molecule has 0 bridgehead atoms. The maximum Gasteiger partial charge on any atom is 0.254 e.